The molecule has 4 nitrogen and oxygen atoms in total. The van der Waals surface area contributed by atoms with Crippen molar-refractivity contribution in [3.63, 3.8) is 0 Å². The van der Waals surface area contributed by atoms with E-state index in [1.165, 1.54) is 12.1 Å². The minimum Gasteiger partial charge on any atom is -0.302 e. The number of fused-ring (bicyclic) bond motifs is 2. The van der Waals surface area contributed by atoms with E-state index < -0.39 is 0 Å². The molecule has 4 rings (SSSR count). The Morgan fingerprint density at radius 1 is 1.17 bits per heavy atom. The van der Waals surface area contributed by atoms with Crippen LogP contribution in [0.25, 0.3) is 16.8 Å². The Morgan fingerprint density at radius 3 is 2.83 bits per heavy atom. The van der Waals surface area contributed by atoms with E-state index in [1.807, 2.05) is 25.2 Å². The molecule has 0 spiro atoms. The van der Waals surface area contributed by atoms with Crippen LogP contribution in [0, 0.1) is 5.82 Å². The number of nitrogens with zero attached hydrogens (tertiary/aromatic N) is 3. The average molecular weight is 323 g/mol. The topological polar surface area (TPSA) is 37.6 Å². The maximum absolute atomic E-state index is 13.5. The number of hydrogen-bond donors (Lipinski definition) is 0. The number of pyridine rings is 1. The van der Waals surface area contributed by atoms with E-state index in [0.29, 0.717) is 12.2 Å². The van der Waals surface area contributed by atoms with Gasteiger partial charge in [-0.25, -0.2) is 9.37 Å². The van der Waals surface area contributed by atoms with Crippen molar-refractivity contribution in [2.24, 2.45) is 0 Å². The van der Waals surface area contributed by atoms with Crippen LogP contribution in [0.5, 0.6) is 0 Å². The largest absolute Gasteiger partial charge is 0.302 e. The van der Waals surface area contributed by atoms with Gasteiger partial charge in [-0.2, -0.15) is 0 Å². The SMILES string of the molecule is CN1CCCc2nc3cc(-c4cccc(F)c4)ccn3c(=O)c2C1. The fourth-order valence-electron chi connectivity index (χ4n) is 3.30. The van der Waals surface area contributed by atoms with Gasteiger partial charge in [0.1, 0.15) is 11.5 Å². The Morgan fingerprint density at radius 2 is 2.00 bits per heavy atom. The lowest BCUT2D eigenvalue weighted by Crippen LogP contribution is -2.26. The van der Waals surface area contributed by atoms with E-state index in [-0.39, 0.29) is 11.4 Å². The van der Waals surface area contributed by atoms with Gasteiger partial charge in [-0.1, -0.05) is 12.1 Å². The molecule has 24 heavy (non-hydrogen) atoms. The molecule has 0 fully saturated rings. The van der Waals surface area contributed by atoms with Gasteiger partial charge in [0, 0.05) is 12.7 Å². The summed E-state index contributed by atoms with van der Waals surface area (Å²) in [5, 5.41) is 0. The monoisotopic (exact) mass is 323 g/mol. The number of benzene rings is 1. The van der Waals surface area contributed by atoms with Gasteiger partial charge >= 0.3 is 0 Å². The van der Waals surface area contributed by atoms with Crippen LogP contribution in [0.3, 0.4) is 0 Å². The molecule has 0 unspecified atom stereocenters. The maximum atomic E-state index is 13.5. The van der Waals surface area contributed by atoms with Crippen molar-refractivity contribution in [2.45, 2.75) is 19.4 Å². The van der Waals surface area contributed by atoms with E-state index in [0.717, 1.165) is 41.8 Å². The second kappa shape index (κ2) is 5.83. The molecule has 122 valence electrons. The third kappa shape index (κ3) is 2.61. The summed E-state index contributed by atoms with van der Waals surface area (Å²) in [5.74, 6) is -0.275. The first-order valence-electron chi connectivity index (χ1n) is 8.10. The molecule has 0 aliphatic carbocycles. The molecule has 0 saturated carbocycles. The first kappa shape index (κ1) is 15.0. The molecule has 0 radical (unpaired) electrons. The Labute approximate surface area is 139 Å². The summed E-state index contributed by atoms with van der Waals surface area (Å²) in [4.78, 5) is 19.7. The highest BCUT2D eigenvalue weighted by molar-refractivity contribution is 5.67. The van der Waals surface area contributed by atoms with Gasteiger partial charge in [-0.15, -0.1) is 0 Å². The summed E-state index contributed by atoms with van der Waals surface area (Å²) in [6.07, 6.45) is 3.54. The molecule has 3 aromatic rings. The van der Waals surface area contributed by atoms with Crippen LogP contribution in [0.4, 0.5) is 4.39 Å². The fourth-order valence-corrected chi connectivity index (χ4v) is 3.30. The molecule has 0 N–H and O–H groups in total. The van der Waals surface area contributed by atoms with Crippen molar-refractivity contribution in [1.29, 1.82) is 0 Å². The van der Waals surface area contributed by atoms with E-state index in [1.54, 1.807) is 16.7 Å². The molecule has 0 atom stereocenters. The quantitative estimate of drug-likeness (QED) is 0.691. The van der Waals surface area contributed by atoms with Crippen LogP contribution < -0.4 is 5.56 Å². The number of hydrogen-bond acceptors (Lipinski definition) is 3. The van der Waals surface area contributed by atoms with Crippen molar-refractivity contribution in [3.05, 3.63) is 70.0 Å². The minimum atomic E-state index is -0.275. The van der Waals surface area contributed by atoms with Crippen molar-refractivity contribution in [2.75, 3.05) is 13.6 Å². The Kier molecular flexibility index (Phi) is 3.65. The van der Waals surface area contributed by atoms with Gasteiger partial charge in [0.05, 0.1) is 11.3 Å². The summed E-state index contributed by atoms with van der Waals surface area (Å²) in [6, 6.07) is 10.1. The van der Waals surface area contributed by atoms with Gasteiger partial charge < -0.3 is 4.90 Å². The second-order valence-electron chi connectivity index (χ2n) is 6.34. The number of aromatic nitrogens is 2. The first-order chi connectivity index (χ1) is 11.6. The van der Waals surface area contributed by atoms with Gasteiger partial charge in [0.25, 0.3) is 5.56 Å². The van der Waals surface area contributed by atoms with Crippen LogP contribution in [-0.4, -0.2) is 27.9 Å². The molecule has 1 aliphatic rings. The highest BCUT2D eigenvalue weighted by atomic mass is 19.1. The normalized spacial score (nSPS) is 15.2. The molecular weight excluding hydrogens is 305 g/mol. The highest BCUT2D eigenvalue weighted by Crippen LogP contribution is 2.22. The van der Waals surface area contributed by atoms with Crippen LogP contribution in [0.1, 0.15) is 17.7 Å². The zero-order valence-corrected chi connectivity index (χ0v) is 13.5. The van der Waals surface area contributed by atoms with Crippen molar-refractivity contribution in [1.82, 2.24) is 14.3 Å². The third-order valence-corrected chi connectivity index (χ3v) is 4.55. The van der Waals surface area contributed by atoms with Gasteiger partial charge in [-0.3, -0.25) is 9.20 Å². The second-order valence-corrected chi connectivity index (χ2v) is 6.34. The molecule has 5 heteroatoms. The molecule has 2 aromatic heterocycles. The van der Waals surface area contributed by atoms with Crippen LogP contribution >= 0.6 is 0 Å². The predicted octanol–water partition coefficient (Wildman–Crippen LogP) is 2.88. The van der Waals surface area contributed by atoms with E-state index in [2.05, 4.69) is 4.90 Å². The summed E-state index contributed by atoms with van der Waals surface area (Å²) >= 11 is 0. The van der Waals surface area contributed by atoms with Gasteiger partial charge in [0.2, 0.25) is 0 Å². The number of rotatable bonds is 1. The van der Waals surface area contributed by atoms with Crippen LogP contribution in [0.15, 0.2) is 47.4 Å². The lowest BCUT2D eigenvalue weighted by Gasteiger charge is -2.13. The summed E-state index contributed by atoms with van der Waals surface area (Å²) in [5.41, 5.74) is 3.92. The lowest BCUT2D eigenvalue weighted by atomic mass is 10.1. The average Bonchev–Trinajstić information content (AvgIpc) is 2.76. The van der Waals surface area contributed by atoms with Crippen molar-refractivity contribution in [3.8, 4) is 11.1 Å². The zero-order valence-electron chi connectivity index (χ0n) is 13.5. The first-order valence-corrected chi connectivity index (χ1v) is 8.10. The standard InChI is InChI=1S/C19H18FN3O/c1-22-8-3-6-17-16(12-22)19(24)23-9-7-14(11-18(23)21-17)13-4-2-5-15(20)10-13/h2,4-5,7,9-11H,3,6,8,12H2,1H3. The number of halogens is 1. The van der Waals surface area contributed by atoms with Crippen LogP contribution in [-0.2, 0) is 13.0 Å². The molecule has 0 amide bonds. The van der Waals surface area contributed by atoms with E-state index in [4.69, 9.17) is 4.98 Å². The maximum Gasteiger partial charge on any atom is 0.262 e. The zero-order chi connectivity index (χ0) is 16.7. The van der Waals surface area contributed by atoms with Gasteiger partial charge in [-0.05, 0) is 61.8 Å². The molecular formula is C19H18FN3O. The van der Waals surface area contributed by atoms with Gasteiger partial charge in [0.15, 0.2) is 0 Å². The third-order valence-electron chi connectivity index (χ3n) is 4.55. The molecule has 0 saturated heterocycles. The summed E-state index contributed by atoms with van der Waals surface area (Å²) in [6.45, 7) is 1.60. The van der Waals surface area contributed by atoms with E-state index >= 15 is 0 Å². The minimum absolute atomic E-state index is 0.00505. The van der Waals surface area contributed by atoms with E-state index in [9.17, 15) is 9.18 Å². The highest BCUT2D eigenvalue weighted by Gasteiger charge is 2.18. The number of aryl methyl sites for hydroxylation is 1. The molecule has 0 bridgehead atoms. The Balaban J connectivity index is 1.89. The Bertz CT molecular complexity index is 980. The molecule has 1 aliphatic heterocycles. The van der Waals surface area contributed by atoms with Crippen LogP contribution in [0.2, 0.25) is 0 Å². The lowest BCUT2D eigenvalue weighted by molar-refractivity contribution is 0.331. The molecule has 3 heterocycles. The smallest absolute Gasteiger partial charge is 0.262 e. The Hall–Kier alpha value is -2.53. The fraction of sp³-hybridized carbons (Fsp3) is 0.263. The summed E-state index contributed by atoms with van der Waals surface area (Å²) < 4.78 is 15.0. The summed E-state index contributed by atoms with van der Waals surface area (Å²) in [7, 11) is 2.02. The van der Waals surface area contributed by atoms with Crippen molar-refractivity contribution >= 4 is 5.65 Å². The molecule has 1 aromatic carbocycles. The predicted molar refractivity (Wildman–Crippen MR) is 91.5 cm³/mol. The van der Waals surface area contributed by atoms with Crippen molar-refractivity contribution < 1.29 is 4.39 Å².